The molecule has 4 rings (SSSR count). The summed E-state index contributed by atoms with van der Waals surface area (Å²) in [7, 11) is 1.54. The van der Waals surface area contributed by atoms with Crippen LogP contribution in [0.3, 0.4) is 0 Å². The third-order valence-electron chi connectivity index (χ3n) is 5.99. The van der Waals surface area contributed by atoms with Crippen molar-refractivity contribution in [3.63, 3.8) is 0 Å². The van der Waals surface area contributed by atoms with Crippen molar-refractivity contribution in [3.05, 3.63) is 88.4 Å². The van der Waals surface area contributed by atoms with E-state index in [1.165, 1.54) is 0 Å². The zero-order valence-corrected chi connectivity index (χ0v) is 21.7. The quantitative estimate of drug-likeness (QED) is 0.471. The van der Waals surface area contributed by atoms with E-state index >= 15 is 0 Å². The van der Waals surface area contributed by atoms with Crippen molar-refractivity contribution in [2.24, 2.45) is 0 Å². The SMILES string of the molecule is COc1ccc(Cl)cc1C(=O)N1CCN(c2ccc(NC(=S)NC(=O)c3ccc(C)cc3)cc2)CC1. The zero-order chi connectivity index (χ0) is 25.7. The van der Waals surface area contributed by atoms with Crippen LogP contribution < -0.4 is 20.3 Å². The smallest absolute Gasteiger partial charge is 0.257 e. The molecule has 1 heterocycles. The lowest BCUT2D eigenvalue weighted by Crippen LogP contribution is -2.48. The molecular formula is C27H27ClN4O3S. The highest BCUT2D eigenvalue weighted by Crippen LogP contribution is 2.25. The number of anilines is 2. The second kappa shape index (κ2) is 11.4. The van der Waals surface area contributed by atoms with Crippen LogP contribution in [-0.4, -0.2) is 55.1 Å². The summed E-state index contributed by atoms with van der Waals surface area (Å²) in [6, 6.07) is 20.2. The van der Waals surface area contributed by atoms with Gasteiger partial charge in [-0.05, 0) is 73.7 Å². The Bertz CT molecular complexity index is 1260. The van der Waals surface area contributed by atoms with E-state index in [9.17, 15) is 9.59 Å². The normalized spacial score (nSPS) is 13.2. The fourth-order valence-corrected chi connectivity index (χ4v) is 4.37. The Balaban J connectivity index is 1.30. The summed E-state index contributed by atoms with van der Waals surface area (Å²) in [6.07, 6.45) is 0. The minimum absolute atomic E-state index is 0.0882. The van der Waals surface area contributed by atoms with Crippen LogP contribution >= 0.6 is 23.8 Å². The summed E-state index contributed by atoms with van der Waals surface area (Å²) >= 11 is 11.4. The number of ether oxygens (including phenoxy) is 1. The Morgan fingerprint density at radius 1 is 0.944 bits per heavy atom. The number of hydrogen-bond donors (Lipinski definition) is 2. The van der Waals surface area contributed by atoms with Gasteiger partial charge >= 0.3 is 0 Å². The molecule has 3 aromatic carbocycles. The number of hydrogen-bond acceptors (Lipinski definition) is 5. The number of nitrogens with one attached hydrogen (secondary N) is 2. The Morgan fingerprint density at radius 3 is 2.25 bits per heavy atom. The van der Waals surface area contributed by atoms with E-state index in [1.54, 1.807) is 37.4 Å². The molecule has 0 aromatic heterocycles. The van der Waals surface area contributed by atoms with Gasteiger partial charge in [0.1, 0.15) is 5.75 Å². The standard InChI is InChI=1S/C27H27ClN4O3S/c1-18-3-5-19(6-4-18)25(33)30-27(36)29-21-8-10-22(11-9-21)31-13-15-32(16-14-31)26(34)23-17-20(28)7-12-24(23)35-2/h3-12,17H,13-16H2,1-2H3,(H2,29,30,33,36). The first-order valence-corrected chi connectivity index (χ1v) is 12.3. The van der Waals surface area contributed by atoms with Gasteiger partial charge in [-0.2, -0.15) is 0 Å². The third kappa shape index (κ3) is 6.13. The average molecular weight is 523 g/mol. The first kappa shape index (κ1) is 25.5. The molecule has 9 heteroatoms. The summed E-state index contributed by atoms with van der Waals surface area (Å²) in [5.74, 6) is 0.171. The topological polar surface area (TPSA) is 73.9 Å². The van der Waals surface area contributed by atoms with Gasteiger partial charge in [-0.1, -0.05) is 29.3 Å². The molecule has 1 saturated heterocycles. The minimum Gasteiger partial charge on any atom is -0.496 e. The molecule has 1 aliphatic heterocycles. The summed E-state index contributed by atoms with van der Waals surface area (Å²) in [4.78, 5) is 29.4. The number of piperazine rings is 1. The molecule has 0 atom stereocenters. The molecule has 0 bridgehead atoms. The maximum Gasteiger partial charge on any atom is 0.257 e. The van der Waals surface area contributed by atoms with Crippen LogP contribution in [0.15, 0.2) is 66.7 Å². The number of nitrogens with zero attached hydrogens (tertiary/aromatic N) is 2. The molecule has 0 aliphatic carbocycles. The highest BCUT2D eigenvalue weighted by Gasteiger charge is 2.24. The van der Waals surface area contributed by atoms with E-state index in [0.717, 1.165) is 16.9 Å². The van der Waals surface area contributed by atoms with Crippen molar-refractivity contribution in [2.45, 2.75) is 6.92 Å². The summed E-state index contributed by atoms with van der Waals surface area (Å²) in [5.41, 5.74) is 3.92. The molecule has 0 spiro atoms. The lowest BCUT2D eigenvalue weighted by atomic mass is 10.1. The fourth-order valence-electron chi connectivity index (χ4n) is 3.98. The Labute approximate surface area is 221 Å². The molecule has 0 unspecified atom stereocenters. The van der Waals surface area contributed by atoms with Gasteiger partial charge in [0.05, 0.1) is 12.7 Å². The van der Waals surface area contributed by atoms with Gasteiger partial charge in [0.25, 0.3) is 11.8 Å². The number of thiocarbonyl (C=S) groups is 1. The van der Waals surface area contributed by atoms with Crippen molar-refractivity contribution in [1.82, 2.24) is 10.2 Å². The van der Waals surface area contributed by atoms with E-state index in [0.29, 0.717) is 48.1 Å². The van der Waals surface area contributed by atoms with Crippen LogP contribution in [-0.2, 0) is 0 Å². The summed E-state index contributed by atoms with van der Waals surface area (Å²) < 4.78 is 5.33. The molecule has 0 saturated carbocycles. The predicted molar refractivity (Wildman–Crippen MR) is 147 cm³/mol. The van der Waals surface area contributed by atoms with Gasteiger partial charge in [-0.25, -0.2) is 0 Å². The lowest BCUT2D eigenvalue weighted by Gasteiger charge is -2.36. The molecule has 3 aromatic rings. The lowest BCUT2D eigenvalue weighted by molar-refractivity contribution is 0.0743. The molecule has 7 nitrogen and oxygen atoms in total. The number of methoxy groups -OCH3 is 1. The number of aryl methyl sites for hydroxylation is 1. The Morgan fingerprint density at radius 2 is 1.61 bits per heavy atom. The van der Waals surface area contributed by atoms with E-state index in [-0.39, 0.29) is 16.9 Å². The van der Waals surface area contributed by atoms with Crippen molar-refractivity contribution < 1.29 is 14.3 Å². The molecule has 1 aliphatic rings. The van der Waals surface area contributed by atoms with E-state index in [1.807, 2.05) is 48.2 Å². The largest absolute Gasteiger partial charge is 0.496 e. The minimum atomic E-state index is -0.257. The molecule has 36 heavy (non-hydrogen) atoms. The monoisotopic (exact) mass is 522 g/mol. The first-order valence-electron chi connectivity index (χ1n) is 11.5. The van der Waals surface area contributed by atoms with Crippen LogP contribution in [0.25, 0.3) is 0 Å². The molecule has 2 N–H and O–H groups in total. The van der Waals surface area contributed by atoms with Gasteiger partial charge in [0.15, 0.2) is 5.11 Å². The number of benzene rings is 3. The summed E-state index contributed by atoms with van der Waals surface area (Å²) in [5, 5.41) is 6.48. The van der Waals surface area contributed by atoms with Crippen molar-refractivity contribution in [3.8, 4) is 5.75 Å². The van der Waals surface area contributed by atoms with Gasteiger partial charge in [0, 0.05) is 48.1 Å². The maximum absolute atomic E-state index is 13.0. The predicted octanol–water partition coefficient (Wildman–Crippen LogP) is 4.75. The molecular weight excluding hydrogens is 496 g/mol. The number of halogens is 1. The van der Waals surface area contributed by atoms with E-state index in [4.69, 9.17) is 28.6 Å². The molecule has 2 amide bonds. The Kier molecular flexibility index (Phi) is 8.07. The number of carbonyl (C=O) groups excluding carboxylic acids is 2. The highest BCUT2D eigenvalue weighted by atomic mass is 35.5. The summed E-state index contributed by atoms with van der Waals surface area (Å²) in [6.45, 7) is 4.54. The van der Waals surface area contributed by atoms with Crippen LogP contribution in [0.1, 0.15) is 26.3 Å². The van der Waals surface area contributed by atoms with Crippen LogP contribution in [0.4, 0.5) is 11.4 Å². The molecule has 0 radical (unpaired) electrons. The number of amides is 2. The molecule has 186 valence electrons. The van der Waals surface area contributed by atoms with Crippen molar-refractivity contribution >= 4 is 52.1 Å². The van der Waals surface area contributed by atoms with Crippen molar-refractivity contribution in [1.29, 1.82) is 0 Å². The second-order valence-electron chi connectivity index (χ2n) is 8.45. The second-order valence-corrected chi connectivity index (χ2v) is 9.29. The van der Waals surface area contributed by atoms with Gasteiger partial charge in [-0.3, -0.25) is 14.9 Å². The average Bonchev–Trinajstić information content (AvgIpc) is 2.89. The first-order chi connectivity index (χ1) is 17.3. The number of rotatable bonds is 5. The fraction of sp³-hybridized carbons (Fsp3) is 0.222. The van der Waals surface area contributed by atoms with Crippen molar-refractivity contribution in [2.75, 3.05) is 43.5 Å². The van der Waals surface area contributed by atoms with Gasteiger partial charge in [0.2, 0.25) is 0 Å². The van der Waals surface area contributed by atoms with Gasteiger partial charge < -0.3 is 19.9 Å². The van der Waals surface area contributed by atoms with E-state index in [2.05, 4.69) is 15.5 Å². The van der Waals surface area contributed by atoms with Crippen LogP contribution in [0.5, 0.6) is 5.75 Å². The highest BCUT2D eigenvalue weighted by molar-refractivity contribution is 7.80. The van der Waals surface area contributed by atoms with Crippen LogP contribution in [0, 0.1) is 6.92 Å². The van der Waals surface area contributed by atoms with Crippen LogP contribution in [0.2, 0.25) is 5.02 Å². The number of carbonyl (C=O) groups is 2. The van der Waals surface area contributed by atoms with E-state index < -0.39 is 0 Å². The third-order valence-corrected chi connectivity index (χ3v) is 6.43. The Hall–Kier alpha value is -3.62. The zero-order valence-electron chi connectivity index (χ0n) is 20.1. The van der Waals surface area contributed by atoms with Gasteiger partial charge in [-0.15, -0.1) is 0 Å². The molecule has 1 fully saturated rings. The maximum atomic E-state index is 13.0.